The zero-order chi connectivity index (χ0) is 42.0. The summed E-state index contributed by atoms with van der Waals surface area (Å²) in [7, 11) is 0. The van der Waals surface area contributed by atoms with Gasteiger partial charge in [-0.15, -0.1) is 0 Å². The Hall–Kier alpha value is -8.40. The van der Waals surface area contributed by atoms with Crippen molar-refractivity contribution in [1.29, 1.82) is 0 Å². The Labute approximate surface area is 368 Å². The van der Waals surface area contributed by atoms with E-state index in [4.69, 9.17) is 4.42 Å². The molecular weight excluding hydrogens is 765 g/mol. The lowest BCUT2D eigenvalue weighted by molar-refractivity contribution is 0.669. The van der Waals surface area contributed by atoms with Crippen molar-refractivity contribution in [3.05, 3.63) is 255 Å². The molecule has 0 unspecified atom stereocenters. The molecule has 0 bridgehead atoms. The predicted octanol–water partition coefficient (Wildman–Crippen LogP) is 17.2. The van der Waals surface area contributed by atoms with E-state index in [2.05, 4.69) is 252 Å². The summed E-state index contributed by atoms with van der Waals surface area (Å²) < 4.78 is 6.47. The van der Waals surface area contributed by atoms with Gasteiger partial charge in [-0.3, -0.25) is 0 Å². The fourth-order valence-electron chi connectivity index (χ4n) is 8.75. The molecule has 0 amide bonds. The lowest BCUT2D eigenvalue weighted by Crippen LogP contribution is -2.12. The number of anilines is 6. The highest BCUT2D eigenvalue weighted by Gasteiger charge is 2.21. The van der Waals surface area contributed by atoms with Gasteiger partial charge in [0.2, 0.25) is 0 Å². The second-order valence-electron chi connectivity index (χ2n) is 15.8. The molecule has 0 aliphatic rings. The summed E-state index contributed by atoms with van der Waals surface area (Å²) in [6, 6.07) is 90.7. The van der Waals surface area contributed by atoms with Gasteiger partial charge >= 0.3 is 0 Å². The minimum absolute atomic E-state index is 0.853. The van der Waals surface area contributed by atoms with Gasteiger partial charge < -0.3 is 14.2 Å². The van der Waals surface area contributed by atoms with E-state index in [1.54, 1.807) is 0 Å². The second kappa shape index (κ2) is 16.6. The van der Waals surface area contributed by atoms with Gasteiger partial charge in [-0.25, -0.2) is 0 Å². The fraction of sp³-hybridized carbons (Fsp3) is 0. The van der Waals surface area contributed by atoms with Gasteiger partial charge in [0.1, 0.15) is 11.2 Å². The molecule has 0 aliphatic carbocycles. The van der Waals surface area contributed by atoms with Gasteiger partial charge in [-0.05, 0) is 112 Å². The van der Waals surface area contributed by atoms with Crippen LogP contribution in [0.2, 0.25) is 0 Å². The van der Waals surface area contributed by atoms with Crippen LogP contribution in [-0.2, 0) is 0 Å². The quantitative estimate of drug-likeness (QED) is 0.137. The first-order valence-corrected chi connectivity index (χ1v) is 21.4. The molecule has 0 saturated carbocycles. The lowest BCUT2D eigenvalue weighted by atomic mass is 9.99. The van der Waals surface area contributed by atoms with Crippen LogP contribution in [0, 0.1) is 0 Å². The molecule has 0 fully saturated rings. The summed E-state index contributed by atoms with van der Waals surface area (Å²) in [4.78, 5) is 4.71. The maximum Gasteiger partial charge on any atom is 0.137 e. The Bertz CT molecular complexity index is 3220. The molecule has 0 N–H and O–H groups in total. The summed E-state index contributed by atoms with van der Waals surface area (Å²) in [6.45, 7) is 0. The minimum Gasteiger partial charge on any atom is -0.456 e. The molecule has 298 valence electrons. The zero-order valence-electron chi connectivity index (χ0n) is 34.6. The fourth-order valence-corrected chi connectivity index (χ4v) is 8.75. The van der Waals surface area contributed by atoms with Gasteiger partial charge in [0, 0.05) is 50.8 Å². The third-order valence-corrected chi connectivity index (χ3v) is 11.9. The van der Waals surface area contributed by atoms with Crippen molar-refractivity contribution in [2.24, 2.45) is 0 Å². The average Bonchev–Trinajstić information content (AvgIpc) is 3.74. The van der Waals surface area contributed by atoms with Gasteiger partial charge in [-0.2, -0.15) is 0 Å². The molecule has 11 aromatic rings. The number of nitrogens with zero attached hydrogens (tertiary/aromatic N) is 2. The summed E-state index contributed by atoms with van der Waals surface area (Å²) >= 11 is 0. The van der Waals surface area contributed by atoms with Crippen LogP contribution in [0.25, 0.3) is 66.4 Å². The molecule has 1 aromatic heterocycles. The highest BCUT2D eigenvalue weighted by molar-refractivity contribution is 6.06. The first-order chi connectivity index (χ1) is 31.2. The van der Waals surface area contributed by atoms with Crippen LogP contribution in [0.3, 0.4) is 0 Å². The largest absolute Gasteiger partial charge is 0.456 e. The van der Waals surface area contributed by atoms with Crippen LogP contribution in [0.4, 0.5) is 34.1 Å². The molecule has 0 saturated heterocycles. The third kappa shape index (κ3) is 7.43. The van der Waals surface area contributed by atoms with Crippen molar-refractivity contribution < 1.29 is 4.42 Å². The molecule has 3 heteroatoms. The summed E-state index contributed by atoms with van der Waals surface area (Å²) in [6.07, 6.45) is 0. The Kier molecular flexibility index (Phi) is 9.89. The summed E-state index contributed by atoms with van der Waals surface area (Å²) in [5.41, 5.74) is 17.4. The molecule has 1 heterocycles. The van der Waals surface area contributed by atoms with Crippen LogP contribution in [0.1, 0.15) is 0 Å². The van der Waals surface area contributed by atoms with Gasteiger partial charge in [-0.1, -0.05) is 176 Å². The molecule has 10 aromatic carbocycles. The highest BCUT2D eigenvalue weighted by atomic mass is 16.3. The Balaban J connectivity index is 1.03. The normalized spacial score (nSPS) is 11.2. The van der Waals surface area contributed by atoms with Crippen molar-refractivity contribution >= 4 is 56.1 Å². The number of para-hydroxylation sites is 2. The van der Waals surface area contributed by atoms with E-state index in [1.807, 2.05) is 12.1 Å². The Morgan fingerprint density at radius 1 is 0.238 bits per heavy atom. The van der Waals surface area contributed by atoms with Gasteiger partial charge in [0.15, 0.2) is 0 Å². The summed E-state index contributed by atoms with van der Waals surface area (Å²) in [5, 5.41) is 2.22. The van der Waals surface area contributed by atoms with E-state index < -0.39 is 0 Å². The third-order valence-electron chi connectivity index (χ3n) is 11.9. The molecule has 3 nitrogen and oxygen atoms in total. The number of benzene rings is 10. The van der Waals surface area contributed by atoms with Crippen LogP contribution >= 0.6 is 0 Å². The lowest BCUT2D eigenvalue weighted by Gasteiger charge is -2.29. The van der Waals surface area contributed by atoms with Gasteiger partial charge in [0.25, 0.3) is 0 Å². The van der Waals surface area contributed by atoms with Crippen molar-refractivity contribution in [1.82, 2.24) is 0 Å². The Morgan fingerprint density at radius 3 is 1.22 bits per heavy atom. The molecule has 0 spiro atoms. The van der Waals surface area contributed by atoms with E-state index in [-0.39, 0.29) is 0 Å². The van der Waals surface area contributed by atoms with Crippen LogP contribution in [0.15, 0.2) is 259 Å². The maximum absolute atomic E-state index is 6.47. The molecule has 11 rings (SSSR count). The predicted molar refractivity (Wildman–Crippen MR) is 265 cm³/mol. The van der Waals surface area contributed by atoms with Crippen LogP contribution < -0.4 is 9.80 Å². The highest BCUT2D eigenvalue weighted by Crippen LogP contribution is 2.45. The number of furan rings is 1. The molecule has 0 radical (unpaired) electrons. The van der Waals surface area contributed by atoms with Crippen molar-refractivity contribution in [3.8, 4) is 44.5 Å². The standard InChI is InChI=1S/C60H42N2O/c1-4-15-43(16-5-1)46-27-33-50(34-28-46)61(51-35-29-47(30-36-51)44-17-6-2-7-18-44)53-22-14-21-49(41-53)55-23-10-12-25-58(55)62(52-37-31-48(32-38-52)45-19-8-3-9-20-45)54-39-40-57-56-24-11-13-26-59(56)63-60(57)42-54/h1-42H. The Morgan fingerprint density at radius 2 is 0.651 bits per heavy atom. The SMILES string of the molecule is c1ccc(-c2ccc(N(c3ccc(-c4ccccc4)cc3)c3cccc(-c4ccccc4N(c4ccc(-c5ccccc5)cc4)c4ccc5c(c4)oc4ccccc45)c3)cc2)cc1. The second-order valence-corrected chi connectivity index (χ2v) is 15.8. The van der Waals surface area contributed by atoms with Crippen LogP contribution in [0.5, 0.6) is 0 Å². The van der Waals surface area contributed by atoms with E-state index in [0.717, 1.165) is 67.2 Å². The number of rotatable bonds is 10. The molecular formula is C60H42N2O. The topological polar surface area (TPSA) is 19.6 Å². The zero-order valence-corrected chi connectivity index (χ0v) is 34.6. The van der Waals surface area contributed by atoms with E-state index in [1.165, 1.54) is 33.4 Å². The smallest absolute Gasteiger partial charge is 0.137 e. The average molecular weight is 807 g/mol. The number of hydrogen-bond donors (Lipinski definition) is 0. The molecule has 0 aliphatic heterocycles. The van der Waals surface area contributed by atoms with Crippen molar-refractivity contribution in [3.63, 3.8) is 0 Å². The van der Waals surface area contributed by atoms with Gasteiger partial charge in [0.05, 0.1) is 5.69 Å². The first kappa shape index (κ1) is 37.6. The van der Waals surface area contributed by atoms with E-state index in [9.17, 15) is 0 Å². The maximum atomic E-state index is 6.47. The van der Waals surface area contributed by atoms with Crippen LogP contribution in [-0.4, -0.2) is 0 Å². The number of fused-ring (bicyclic) bond motifs is 3. The summed E-state index contributed by atoms with van der Waals surface area (Å²) in [5.74, 6) is 0. The minimum atomic E-state index is 0.853. The van der Waals surface area contributed by atoms with E-state index >= 15 is 0 Å². The van der Waals surface area contributed by atoms with Crippen molar-refractivity contribution in [2.45, 2.75) is 0 Å². The molecule has 0 atom stereocenters. The van der Waals surface area contributed by atoms with Crippen molar-refractivity contribution in [2.75, 3.05) is 9.80 Å². The van der Waals surface area contributed by atoms with E-state index in [0.29, 0.717) is 0 Å². The monoisotopic (exact) mass is 806 g/mol. The molecule has 63 heavy (non-hydrogen) atoms. The number of hydrogen-bond acceptors (Lipinski definition) is 3. The first-order valence-electron chi connectivity index (χ1n) is 21.4.